The number of rotatable bonds is 5. The lowest BCUT2D eigenvalue weighted by molar-refractivity contribution is -0.120. The minimum Gasteiger partial charge on any atom is -0.349 e. The van der Waals surface area contributed by atoms with E-state index in [1.807, 2.05) is 0 Å². The van der Waals surface area contributed by atoms with Gasteiger partial charge in [0.05, 0.1) is 29.4 Å². The van der Waals surface area contributed by atoms with Crippen LogP contribution in [0.15, 0.2) is 18.2 Å². The van der Waals surface area contributed by atoms with Crippen LogP contribution in [0.3, 0.4) is 0 Å². The SMILES string of the molecule is O=C(CNC(=O)c1cc(Cl)ccc1Cl)NCc1n[nH]c2c1CCCCC2. The first-order chi connectivity index (χ1) is 12.5. The predicted molar refractivity (Wildman–Crippen MR) is 100 cm³/mol. The number of nitrogens with zero attached hydrogens (tertiary/aromatic N) is 1. The van der Waals surface area contributed by atoms with E-state index in [0.29, 0.717) is 11.6 Å². The maximum Gasteiger partial charge on any atom is 0.253 e. The van der Waals surface area contributed by atoms with E-state index in [2.05, 4.69) is 20.8 Å². The minimum absolute atomic E-state index is 0.145. The zero-order valence-corrected chi connectivity index (χ0v) is 15.7. The fourth-order valence-electron chi connectivity index (χ4n) is 3.04. The van der Waals surface area contributed by atoms with Crippen LogP contribution in [-0.2, 0) is 24.2 Å². The van der Waals surface area contributed by atoms with Gasteiger partial charge in [-0.25, -0.2) is 0 Å². The fourth-order valence-corrected chi connectivity index (χ4v) is 3.42. The van der Waals surface area contributed by atoms with Gasteiger partial charge in [0.15, 0.2) is 0 Å². The molecule has 0 bridgehead atoms. The number of halogens is 2. The van der Waals surface area contributed by atoms with Crippen molar-refractivity contribution in [3.05, 3.63) is 50.8 Å². The summed E-state index contributed by atoms with van der Waals surface area (Å²) in [6.07, 6.45) is 5.52. The van der Waals surface area contributed by atoms with E-state index >= 15 is 0 Å². The smallest absolute Gasteiger partial charge is 0.253 e. The Bertz CT molecular complexity index is 820. The van der Waals surface area contributed by atoms with Crippen LogP contribution in [-0.4, -0.2) is 28.6 Å². The molecule has 0 saturated heterocycles. The Labute approximate surface area is 161 Å². The summed E-state index contributed by atoms with van der Waals surface area (Å²) >= 11 is 11.9. The Hall–Kier alpha value is -2.05. The molecule has 1 aromatic heterocycles. The number of nitrogens with one attached hydrogen (secondary N) is 3. The van der Waals surface area contributed by atoms with Crippen molar-refractivity contribution in [1.29, 1.82) is 0 Å². The first-order valence-corrected chi connectivity index (χ1v) is 9.35. The van der Waals surface area contributed by atoms with E-state index in [-0.39, 0.29) is 23.0 Å². The number of hydrogen-bond donors (Lipinski definition) is 3. The molecule has 1 aliphatic rings. The second kappa shape index (κ2) is 8.56. The van der Waals surface area contributed by atoms with Crippen molar-refractivity contribution >= 4 is 35.0 Å². The van der Waals surface area contributed by atoms with Gasteiger partial charge in [-0.2, -0.15) is 5.10 Å². The number of aryl methyl sites for hydroxylation is 1. The van der Waals surface area contributed by atoms with Crippen LogP contribution in [0.4, 0.5) is 0 Å². The molecule has 0 saturated carbocycles. The molecule has 0 fully saturated rings. The largest absolute Gasteiger partial charge is 0.349 e. The van der Waals surface area contributed by atoms with Gasteiger partial charge >= 0.3 is 0 Å². The molecule has 1 aromatic carbocycles. The molecule has 26 heavy (non-hydrogen) atoms. The van der Waals surface area contributed by atoms with Crippen LogP contribution in [0, 0.1) is 0 Å². The number of carbonyl (C=O) groups is 2. The van der Waals surface area contributed by atoms with Crippen molar-refractivity contribution in [1.82, 2.24) is 20.8 Å². The van der Waals surface area contributed by atoms with E-state index in [0.717, 1.165) is 25.0 Å². The molecular formula is C18H20Cl2N4O2. The third-order valence-corrected chi connectivity index (χ3v) is 4.99. The Morgan fingerprint density at radius 3 is 2.77 bits per heavy atom. The highest BCUT2D eigenvalue weighted by atomic mass is 35.5. The number of aromatic amines is 1. The molecular weight excluding hydrogens is 375 g/mol. The van der Waals surface area contributed by atoms with Gasteiger partial charge in [0.1, 0.15) is 0 Å². The molecule has 1 aliphatic carbocycles. The van der Waals surface area contributed by atoms with Gasteiger partial charge in [0, 0.05) is 10.7 Å². The normalized spacial score (nSPS) is 13.6. The predicted octanol–water partition coefficient (Wildman–Crippen LogP) is 3.03. The van der Waals surface area contributed by atoms with Gasteiger partial charge in [0.2, 0.25) is 5.91 Å². The molecule has 0 unspecified atom stereocenters. The van der Waals surface area contributed by atoms with E-state index in [4.69, 9.17) is 23.2 Å². The monoisotopic (exact) mass is 394 g/mol. The van der Waals surface area contributed by atoms with Crippen LogP contribution >= 0.6 is 23.2 Å². The van der Waals surface area contributed by atoms with Crippen LogP contribution < -0.4 is 10.6 Å². The first-order valence-electron chi connectivity index (χ1n) is 8.59. The van der Waals surface area contributed by atoms with Crippen LogP contribution in [0.2, 0.25) is 10.0 Å². The first kappa shape index (κ1) is 18.7. The van der Waals surface area contributed by atoms with Gasteiger partial charge in [-0.05, 0) is 49.4 Å². The maximum atomic E-state index is 12.1. The second-order valence-electron chi connectivity index (χ2n) is 6.27. The summed E-state index contributed by atoms with van der Waals surface area (Å²) in [7, 11) is 0. The van der Waals surface area contributed by atoms with Gasteiger partial charge in [-0.3, -0.25) is 14.7 Å². The quantitative estimate of drug-likeness (QED) is 0.681. The summed E-state index contributed by atoms with van der Waals surface area (Å²) in [4.78, 5) is 24.2. The molecule has 2 amide bonds. The molecule has 0 aliphatic heterocycles. The van der Waals surface area contributed by atoms with Crippen molar-refractivity contribution in [2.75, 3.05) is 6.54 Å². The van der Waals surface area contributed by atoms with Gasteiger partial charge < -0.3 is 10.6 Å². The third-order valence-electron chi connectivity index (χ3n) is 4.43. The standard InChI is InChI=1S/C18H20Cl2N4O2/c19-11-6-7-14(20)13(8-11)18(26)22-10-17(25)21-9-16-12-4-2-1-3-5-15(12)23-24-16/h6-8H,1-5,9-10H2,(H,21,25)(H,22,26)(H,23,24). The van der Waals surface area contributed by atoms with Crippen LogP contribution in [0.1, 0.15) is 46.6 Å². The lowest BCUT2D eigenvalue weighted by atomic mass is 10.1. The zero-order chi connectivity index (χ0) is 18.5. The summed E-state index contributed by atoms with van der Waals surface area (Å²) < 4.78 is 0. The molecule has 2 aromatic rings. The Balaban J connectivity index is 1.51. The number of fused-ring (bicyclic) bond motifs is 1. The van der Waals surface area contributed by atoms with E-state index < -0.39 is 5.91 Å². The van der Waals surface area contributed by atoms with Crippen molar-refractivity contribution in [2.24, 2.45) is 0 Å². The highest BCUT2D eigenvalue weighted by Gasteiger charge is 2.17. The van der Waals surface area contributed by atoms with Crippen molar-refractivity contribution in [2.45, 2.75) is 38.6 Å². The number of benzene rings is 1. The van der Waals surface area contributed by atoms with Crippen molar-refractivity contribution in [3.8, 4) is 0 Å². The molecule has 0 atom stereocenters. The average molecular weight is 395 g/mol. The van der Waals surface area contributed by atoms with E-state index in [1.165, 1.54) is 30.2 Å². The zero-order valence-electron chi connectivity index (χ0n) is 14.2. The maximum absolute atomic E-state index is 12.1. The van der Waals surface area contributed by atoms with Gasteiger partial charge in [-0.1, -0.05) is 29.6 Å². The van der Waals surface area contributed by atoms with Crippen molar-refractivity contribution in [3.63, 3.8) is 0 Å². The number of amides is 2. The van der Waals surface area contributed by atoms with E-state index in [9.17, 15) is 9.59 Å². The molecule has 3 N–H and O–H groups in total. The summed E-state index contributed by atoms with van der Waals surface area (Å²) in [5, 5.41) is 13.4. The third kappa shape index (κ3) is 4.56. The Kier molecular flexibility index (Phi) is 6.16. The summed E-state index contributed by atoms with van der Waals surface area (Å²) in [5.74, 6) is -0.733. The Morgan fingerprint density at radius 2 is 1.92 bits per heavy atom. The van der Waals surface area contributed by atoms with Gasteiger partial charge in [-0.15, -0.1) is 0 Å². The topological polar surface area (TPSA) is 86.9 Å². The van der Waals surface area contributed by atoms with E-state index in [1.54, 1.807) is 12.1 Å². The summed E-state index contributed by atoms with van der Waals surface area (Å²) in [6, 6.07) is 4.61. The molecule has 6 nitrogen and oxygen atoms in total. The number of aromatic nitrogens is 2. The number of H-pyrrole nitrogens is 1. The number of hydrogen-bond acceptors (Lipinski definition) is 3. The molecule has 0 spiro atoms. The minimum atomic E-state index is -0.443. The molecule has 3 rings (SSSR count). The second-order valence-corrected chi connectivity index (χ2v) is 7.12. The van der Waals surface area contributed by atoms with Crippen LogP contribution in [0.5, 0.6) is 0 Å². The molecule has 1 heterocycles. The molecule has 0 radical (unpaired) electrons. The lowest BCUT2D eigenvalue weighted by Gasteiger charge is -2.08. The number of carbonyl (C=O) groups excluding carboxylic acids is 2. The summed E-state index contributed by atoms with van der Waals surface area (Å²) in [5.41, 5.74) is 3.51. The Morgan fingerprint density at radius 1 is 1.12 bits per heavy atom. The fraction of sp³-hybridized carbons (Fsp3) is 0.389. The summed E-state index contributed by atoms with van der Waals surface area (Å²) in [6.45, 7) is 0.201. The van der Waals surface area contributed by atoms with Crippen molar-refractivity contribution < 1.29 is 9.59 Å². The van der Waals surface area contributed by atoms with Gasteiger partial charge in [0.25, 0.3) is 5.91 Å². The highest BCUT2D eigenvalue weighted by molar-refractivity contribution is 6.35. The highest BCUT2D eigenvalue weighted by Crippen LogP contribution is 2.22. The molecule has 138 valence electrons. The van der Waals surface area contributed by atoms with Crippen LogP contribution in [0.25, 0.3) is 0 Å². The molecule has 8 heteroatoms. The lowest BCUT2D eigenvalue weighted by Crippen LogP contribution is -2.36. The average Bonchev–Trinajstić information content (AvgIpc) is 2.86.